The minimum absolute atomic E-state index is 0.164. The lowest BCUT2D eigenvalue weighted by Crippen LogP contribution is -2.31. The first kappa shape index (κ1) is 19.2. The Kier molecular flexibility index (Phi) is 5.70. The second kappa shape index (κ2) is 8.91. The number of hydrogen-bond acceptors (Lipinski definition) is 6. The molecule has 3 aromatic rings. The van der Waals surface area contributed by atoms with Gasteiger partial charge in [0.2, 0.25) is 0 Å². The zero-order valence-electron chi connectivity index (χ0n) is 16.2. The molecule has 7 heteroatoms. The second-order valence-electron chi connectivity index (χ2n) is 6.80. The first-order valence-corrected chi connectivity index (χ1v) is 9.57. The highest BCUT2D eigenvalue weighted by Crippen LogP contribution is 2.18. The minimum atomic E-state index is -0.195. The van der Waals surface area contributed by atoms with Crippen LogP contribution in [0.15, 0.2) is 89.9 Å². The maximum atomic E-state index is 12.4. The van der Waals surface area contributed by atoms with Gasteiger partial charge in [0.25, 0.3) is 5.91 Å². The maximum absolute atomic E-state index is 12.4. The summed E-state index contributed by atoms with van der Waals surface area (Å²) in [6.45, 7) is 0.611. The first-order chi connectivity index (χ1) is 14.7. The van der Waals surface area contributed by atoms with Crippen molar-refractivity contribution < 1.29 is 4.79 Å². The molecule has 0 spiro atoms. The topological polar surface area (TPSA) is 104 Å². The number of nitrogens with two attached hydrogens (primary N) is 1. The maximum Gasteiger partial charge on any atom is 0.255 e. The average molecular weight is 398 g/mol. The predicted molar refractivity (Wildman–Crippen MR) is 119 cm³/mol. The Balaban J connectivity index is 1.33. The summed E-state index contributed by atoms with van der Waals surface area (Å²) in [5.74, 6) is 0.680. The zero-order chi connectivity index (χ0) is 20.8. The third kappa shape index (κ3) is 4.64. The van der Waals surface area contributed by atoms with Gasteiger partial charge in [-0.25, -0.2) is 0 Å². The lowest BCUT2D eigenvalue weighted by atomic mass is 10.1. The zero-order valence-corrected chi connectivity index (χ0v) is 16.2. The van der Waals surface area contributed by atoms with E-state index in [-0.39, 0.29) is 12.1 Å². The van der Waals surface area contributed by atoms with Gasteiger partial charge in [0.15, 0.2) is 0 Å². The molecule has 5 N–H and O–H groups in total. The average Bonchev–Trinajstić information content (AvgIpc) is 2.80. The summed E-state index contributed by atoms with van der Waals surface area (Å²) in [7, 11) is 0. The number of nitrogens with one attached hydrogen (secondary N) is 3. The van der Waals surface area contributed by atoms with Crippen molar-refractivity contribution in [2.24, 2.45) is 4.99 Å². The van der Waals surface area contributed by atoms with Crippen molar-refractivity contribution in [3.05, 3.63) is 102 Å². The molecule has 1 unspecified atom stereocenters. The van der Waals surface area contributed by atoms with Gasteiger partial charge in [-0.2, -0.15) is 0 Å². The van der Waals surface area contributed by atoms with Crippen molar-refractivity contribution in [3.8, 4) is 0 Å². The Morgan fingerprint density at radius 2 is 1.90 bits per heavy atom. The van der Waals surface area contributed by atoms with E-state index in [2.05, 4.69) is 25.9 Å². The predicted octanol–water partition coefficient (Wildman–Crippen LogP) is 3.22. The van der Waals surface area contributed by atoms with Crippen LogP contribution in [0, 0.1) is 0 Å². The Hall–Kier alpha value is -4.13. The molecule has 2 aromatic carbocycles. The van der Waals surface area contributed by atoms with Crippen LogP contribution in [0.3, 0.4) is 0 Å². The van der Waals surface area contributed by atoms with Crippen LogP contribution in [0.25, 0.3) is 0 Å². The second-order valence-corrected chi connectivity index (χ2v) is 6.80. The molecule has 0 aliphatic carbocycles. The summed E-state index contributed by atoms with van der Waals surface area (Å²) in [6.07, 6.45) is 7.04. The highest BCUT2D eigenvalue weighted by Gasteiger charge is 2.13. The number of para-hydroxylation sites is 2. The number of hydrogen-bond donors (Lipinski definition) is 4. The number of carbonyl (C=O) groups excluding carboxylic acids is 1. The van der Waals surface area contributed by atoms with Gasteiger partial charge >= 0.3 is 0 Å². The molecule has 0 radical (unpaired) electrons. The number of carbonyl (C=O) groups is 1. The Morgan fingerprint density at radius 3 is 2.67 bits per heavy atom. The van der Waals surface area contributed by atoms with E-state index in [1.165, 1.54) is 0 Å². The number of rotatable bonds is 6. The van der Waals surface area contributed by atoms with Crippen LogP contribution in [0.4, 0.5) is 11.4 Å². The van der Waals surface area contributed by atoms with Crippen LogP contribution >= 0.6 is 0 Å². The number of aliphatic imine (C=N–C) groups is 1. The molecule has 4 rings (SSSR count). The van der Waals surface area contributed by atoms with Crippen LogP contribution in [0.2, 0.25) is 0 Å². The summed E-state index contributed by atoms with van der Waals surface area (Å²) in [5.41, 5.74) is 9.64. The number of aromatic nitrogens is 1. The third-order valence-corrected chi connectivity index (χ3v) is 4.68. The molecule has 1 amide bonds. The number of anilines is 2. The van der Waals surface area contributed by atoms with Crippen LogP contribution in [-0.4, -0.2) is 17.1 Å². The SMILES string of the molecule is Nc1ccccc1NC(=O)c1ccc(CNC2=CC=NC(c3cccnc3)N2)cc1. The summed E-state index contributed by atoms with van der Waals surface area (Å²) in [4.78, 5) is 21.0. The molecule has 150 valence electrons. The van der Waals surface area contributed by atoms with E-state index in [4.69, 9.17) is 5.73 Å². The summed E-state index contributed by atoms with van der Waals surface area (Å²) in [6, 6.07) is 18.5. The molecule has 1 aromatic heterocycles. The Labute approximate surface area is 174 Å². The molecule has 0 saturated carbocycles. The lowest BCUT2D eigenvalue weighted by Gasteiger charge is -2.22. The van der Waals surface area contributed by atoms with Gasteiger partial charge in [-0.05, 0) is 42.0 Å². The van der Waals surface area contributed by atoms with Gasteiger partial charge in [0.1, 0.15) is 12.0 Å². The van der Waals surface area contributed by atoms with Crippen LogP contribution in [0.5, 0.6) is 0 Å². The minimum Gasteiger partial charge on any atom is -0.397 e. The molecule has 7 nitrogen and oxygen atoms in total. The van der Waals surface area contributed by atoms with Crippen molar-refractivity contribution >= 4 is 23.5 Å². The van der Waals surface area contributed by atoms with E-state index >= 15 is 0 Å². The van der Waals surface area contributed by atoms with Gasteiger partial charge in [-0.15, -0.1) is 0 Å². The molecule has 1 aliphatic rings. The fourth-order valence-corrected chi connectivity index (χ4v) is 3.03. The number of nitrogens with zero attached hydrogens (tertiary/aromatic N) is 2. The standard InChI is InChI=1S/C23H22N6O/c24-19-5-1-2-6-20(19)28-23(30)17-9-7-16(8-10-17)14-27-21-11-13-26-22(29-21)18-4-3-12-25-15-18/h1-13,15,22,27,29H,14,24H2,(H,28,30). The number of benzene rings is 2. The normalized spacial score (nSPS) is 15.1. The highest BCUT2D eigenvalue weighted by molar-refractivity contribution is 6.05. The summed E-state index contributed by atoms with van der Waals surface area (Å²) in [5, 5.41) is 9.52. The van der Waals surface area contributed by atoms with Crippen LogP contribution in [-0.2, 0) is 6.54 Å². The van der Waals surface area contributed by atoms with Crippen molar-refractivity contribution in [2.75, 3.05) is 11.1 Å². The quantitative estimate of drug-likeness (QED) is 0.477. The van der Waals surface area contributed by atoms with Crippen molar-refractivity contribution in [1.82, 2.24) is 15.6 Å². The number of amides is 1. The molecule has 0 fully saturated rings. The Bertz CT molecular complexity index is 1080. The van der Waals surface area contributed by atoms with Crippen molar-refractivity contribution in [1.29, 1.82) is 0 Å². The van der Waals surface area contributed by atoms with E-state index < -0.39 is 0 Å². The fraction of sp³-hybridized carbons (Fsp3) is 0.0870. The molecule has 1 atom stereocenters. The molecular weight excluding hydrogens is 376 g/mol. The molecule has 2 heterocycles. The summed E-state index contributed by atoms with van der Waals surface area (Å²) >= 11 is 0. The van der Waals surface area contributed by atoms with Gasteiger partial charge < -0.3 is 21.7 Å². The van der Waals surface area contributed by atoms with E-state index in [9.17, 15) is 4.79 Å². The van der Waals surface area contributed by atoms with Crippen molar-refractivity contribution in [2.45, 2.75) is 12.7 Å². The van der Waals surface area contributed by atoms with Crippen LogP contribution < -0.4 is 21.7 Å². The van der Waals surface area contributed by atoms with E-state index in [0.717, 1.165) is 16.9 Å². The van der Waals surface area contributed by atoms with Gasteiger partial charge in [-0.1, -0.05) is 30.3 Å². The van der Waals surface area contributed by atoms with Crippen LogP contribution in [0.1, 0.15) is 27.7 Å². The van der Waals surface area contributed by atoms with Gasteiger partial charge in [-0.3, -0.25) is 14.8 Å². The lowest BCUT2D eigenvalue weighted by molar-refractivity contribution is 0.102. The summed E-state index contributed by atoms with van der Waals surface area (Å²) < 4.78 is 0. The van der Waals surface area contributed by atoms with Crippen molar-refractivity contribution in [3.63, 3.8) is 0 Å². The van der Waals surface area contributed by atoms with Gasteiger partial charge in [0.05, 0.1) is 11.4 Å². The van der Waals surface area contributed by atoms with E-state index in [1.807, 2.05) is 42.5 Å². The first-order valence-electron chi connectivity index (χ1n) is 9.57. The number of pyridine rings is 1. The number of nitrogen functional groups attached to an aromatic ring is 1. The molecule has 1 aliphatic heterocycles. The smallest absolute Gasteiger partial charge is 0.255 e. The van der Waals surface area contributed by atoms with E-state index in [0.29, 0.717) is 23.5 Å². The number of allylic oxidation sites excluding steroid dienone is 1. The van der Waals surface area contributed by atoms with Gasteiger partial charge in [0, 0.05) is 36.3 Å². The Morgan fingerprint density at radius 1 is 1.07 bits per heavy atom. The van der Waals surface area contributed by atoms with E-state index in [1.54, 1.807) is 42.9 Å². The third-order valence-electron chi connectivity index (χ3n) is 4.68. The monoisotopic (exact) mass is 398 g/mol. The molecule has 0 bridgehead atoms. The molecule has 30 heavy (non-hydrogen) atoms. The molecule has 0 saturated heterocycles. The largest absolute Gasteiger partial charge is 0.397 e. The fourth-order valence-electron chi connectivity index (χ4n) is 3.03. The highest BCUT2D eigenvalue weighted by atomic mass is 16.1. The molecular formula is C23H22N6O.